The number of urea groups is 1. The first-order chi connectivity index (χ1) is 5.43. The molecule has 0 aliphatic carbocycles. The van der Waals surface area contributed by atoms with Gasteiger partial charge in [0.05, 0.1) is 6.10 Å². The van der Waals surface area contributed by atoms with Crippen LogP contribution in [-0.2, 0) is 0 Å². The van der Waals surface area contributed by atoms with E-state index in [1.807, 2.05) is 0 Å². The van der Waals surface area contributed by atoms with E-state index in [2.05, 4.69) is 5.43 Å². The van der Waals surface area contributed by atoms with E-state index < -0.39 is 6.10 Å². The lowest BCUT2D eigenvalue weighted by Gasteiger charge is -2.21. The lowest BCUT2D eigenvalue weighted by Crippen LogP contribution is -2.46. The number of aliphatic hydroxyl groups excluding tert-OH is 1. The molecule has 2 N–H and O–H groups in total. The number of carbonyl (C=O) groups is 1. The fourth-order valence-corrected chi connectivity index (χ4v) is 0.756. The van der Waals surface area contributed by atoms with Gasteiger partial charge in [-0.15, -0.1) is 0 Å². The predicted molar refractivity (Wildman–Crippen MR) is 46.5 cm³/mol. The average molecular weight is 175 g/mol. The third-order valence-electron chi connectivity index (χ3n) is 1.20. The number of nitrogens with zero attached hydrogens (tertiary/aromatic N) is 2. The maximum atomic E-state index is 11.2. The van der Waals surface area contributed by atoms with Gasteiger partial charge in [0.2, 0.25) is 0 Å². The molecule has 0 fully saturated rings. The van der Waals surface area contributed by atoms with Crippen molar-refractivity contribution in [2.24, 2.45) is 0 Å². The monoisotopic (exact) mass is 175 g/mol. The number of rotatable bonds is 3. The van der Waals surface area contributed by atoms with E-state index in [1.165, 1.54) is 4.90 Å². The Morgan fingerprint density at radius 2 is 2.00 bits per heavy atom. The van der Waals surface area contributed by atoms with Gasteiger partial charge < -0.3 is 10.0 Å². The van der Waals surface area contributed by atoms with Gasteiger partial charge >= 0.3 is 6.03 Å². The summed E-state index contributed by atoms with van der Waals surface area (Å²) in [7, 11) is 5.09. The fourth-order valence-electron chi connectivity index (χ4n) is 0.756. The summed E-state index contributed by atoms with van der Waals surface area (Å²) in [6.07, 6.45) is -0.497. The predicted octanol–water partition coefficient (Wildman–Crippen LogP) is -0.515. The van der Waals surface area contributed by atoms with Crippen LogP contribution in [0.2, 0.25) is 0 Å². The molecule has 5 nitrogen and oxygen atoms in total. The van der Waals surface area contributed by atoms with Crippen LogP contribution in [0.1, 0.15) is 6.92 Å². The molecule has 0 aliphatic heterocycles. The zero-order valence-corrected chi connectivity index (χ0v) is 8.03. The molecule has 0 heterocycles. The Labute approximate surface area is 72.9 Å². The van der Waals surface area contributed by atoms with Gasteiger partial charge in [0, 0.05) is 27.7 Å². The summed E-state index contributed by atoms with van der Waals surface area (Å²) in [4.78, 5) is 12.6. The quantitative estimate of drug-likeness (QED) is 0.568. The second-order valence-electron chi connectivity index (χ2n) is 3.04. The van der Waals surface area contributed by atoms with Crippen LogP contribution in [0.25, 0.3) is 0 Å². The Morgan fingerprint density at radius 1 is 1.50 bits per heavy atom. The molecule has 72 valence electrons. The highest BCUT2D eigenvalue weighted by Gasteiger charge is 2.10. The normalized spacial score (nSPS) is 12.8. The summed E-state index contributed by atoms with van der Waals surface area (Å²) < 4.78 is 0. The summed E-state index contributed by atoms with van der Waals surface area (Å²) in [6, 6.07) is -0.221. The Kier molecular flexibility index (Phi) is 4.61. The topological polar surface area (TPSA) is 55.8 Å². The molecule has 0 aromatic carbocycles. The Hall–Kier alpha value is -0.810. The van der Waals surface area contributed by atoms with Crippen molar-refractivity contribution >= 4 is 6.03 Å². The van der Waals surface area contributed by atoms with E-state index >= 15 is 0 Å². The smallest absolute Gasteiger partial charge is 0.331 e. The van der Waals surface area contributed by atoms with Gasteiger partial charge in [0.1, 0.15) is 0 Å². The number of hydrogen-bond acceptors (Lipinski definition) is 3. The van der Waals surface area contributed by atoms with Crippen LogP contribution in [-0.4, -0.2) is 54.8 Å². The van der Waals surface area contributed by atoms with Crippen LogP contribution in [0.4, 0.5) is 4.79 Å². The molecular formula is C7H17N3O2. The minimum absolute atomic E-state index is 0.221. The molecule has 0 aromatic heterocycles. The second-order valence-corrected chi connectivity index (χ2v) is 3.04. The molecule has 1 atom stereocenters. The Morgan fingerprint density at radius 3 is 2.33 bits per heavy atom. The first-order valence-corrected chi connectivity index (χ1v) is 3.80. The molecule has 0 aliphatic rings. The number of hydrazine groups is 1. The van der Waals surface area contributed by atoms with Crippen LogP contribution in [0, 0.1) is 0 Å². The molecule has 5 heteroatoms. The third kappa shape index (κ3) is 4.92. The van der Waals surface area contributed by atoms with Gasteiger partial charge in [0.25, 0.3) is 0 Å². The highest BCUT2D eigenvalue weighted by molar-refractivity contribution is 5.73. The summed E-state index contributed by atoms with van der Waals surface area (Å²) in [5.74, 6) is 0. The van der Waals surface area contributed by atoms with E-state index in [1.54, 1.807) is 33.1 Å². The maximum absolute atomic E-state index is 11.2. The molecule has 1 unspecified atom stereocenters. The van der Waals surface area contributed by atoms with Gasteiger partial charge in [-0.05, 0) is 6.92 Å². The van der Waals surface area contributed by atoms with Crippen molar-refractivity contribution in [1.82, 2.24) is 15.3 Å². The standard InChI is InChI=1S/C7H17N3O2/c1-6(11)5-10(4)7(12)8-9(2)3/h6,11H,5H2,1-4H3,(H,8,12). The highest BCUT2D eigenvalue weighted by atomic mass is 16.3. The number of amides is 2. The highest BCUT2D eigenvalue weighted by Crippen LogP contribution is 1.88. The molecule has 0 bridgehead atoms. The number of likely N-dealkylation sites (N-methyl/N-ethyl adjacent to an activating group) is 1. The summed E-state index contributed by atoms with van der Waals surface area (Å²) in [5, 5.41) is 10.5. The van der Waals surface area contributed by atoms with Crippen LogP contribution < -0.4 is 5.43 Å². The maximum Gasteiger partial charge on any atom is 0.331 e. The third-order valence-corrected chi connectivity index (χ3v) is 1.20. The number of nitrogens with one attached hydrogen (secondary N) is 1. The van der Waals surface area contributed by atoms with E-state index in [4.69, 9.17) is 5.11 Å². The van der Waals surface area contributed by atoms with Gasteiger partial charge in [-0.25, -0.2) is 9.80 Å². The molecule has 2 amide bonds. The van der Waals surface area contributed by atoms with Gasteiger partial charge in [-0.2, -0.15) is 0 Å². The van der Waals surface area contributed by atoms with Gasteiger partial charge in [-0.1, -0.05) is 0 Å². The van der Waals surface area contributed by atoms with Crippen LogP contribution in [0.5, 0.6) is 0 Å². The van der Waals surface area contributed by atoms with E-state index in [-0.39, 0.29) is 6.03 Å². The van der Waals surface area contributed by atoms with Crippen molar-refractivity contribution in [2.45, 2.75) is 13.0 Å². The molecule has 0 aromatic rings. The Bertz CT molecular complexity index is 148. The minimum Gasteiger partial charge on any atom is -0.392 e. The molecule has 12 heavy (non-hydrogen) atoms. The zero-order chi connectivity index (χ0) is 9.72. The number of aliphatic hydroxyl groups is 1. The van der Waals surface area contributed by atoms with Crippen molar-refractivity contribution in [1.29, 1.82) is 0 Å². The zero-order valence-electron chi connectivity index (χ0n) is 8.03. The van der Waals surface area contributed by atoms with Crippen molar-refractivity contribution in [3.8, 4) is 0 Å². The summed E-state index contributed by atoms with van der Waals surface area (Å²) in [5.41, 5.74) is 2.56. The van der Waals surface area contributed by atoms with Gasteiger partial charge in [-0.3, -0.25) is 5.43 Å². The van der Waals surface area contributed by atoms with Crippen molar-refractivity contribution in [3.05, 3.63) is 0 Å². The summed E-state index contributed by atoms with van der Waals surface area (Å²) in [6.45, 7) is 1.97. The molecule has 0 saturated heterocycles. The molecule has 0 spiro atoms. The summed E-state index contributed by atoms with van der Waals surface area (Å²) >= 11 is 0. The lowest BCUT2D eigenvalue weighted by atomic mass is 10.4. The molecule has 0 radical (unpaired) electrons. The molecule has 0 rings (SSSR count). The van der Waals surface area contributed by atoms with Crippen LogP contribution >= 0.6 is 0 Å². The van der Waals surface area contributed by atoms with Crippen molar-refractivity contribution < 1.29 is 9.90 Å². The first kappa shape index (κ1) is 11.2. The largest absolute Gasteiger partial charge is 0.392 e. The fraction of sp³-hybridized carbons (Fsp3) is 0.857. The number of hydrogen-bond donors (Lipinski definition) is 2. The van der Waals surface area contributed by atoms with Gasteiger partial charge in [0.15, 0.2) is 0 Å². The van der Waals surface area contributed by atoms with E-state index in [0.717, 1.165) is 0 Å². The van der Waals surface area contributed by atoms with Crippen molar-refractivity contribution in [2.75, 3.05) is 27.7 Å². The molecular weight excluding hydrogens is 158 g/mol. The number of carbonyl (C=O) groups excluding carboxylic acids is 1. The Balaban J connectivity index is 3.77. The van der Waals surface area contributed by atoms with Crippen LogP contribution in [0.3, 0.4) is 0 Å². The minimum atomic E-state index is -0.497. The second kappa shape index (κ2) is 4.95. The SMILES string of the molecule is CC(O)CN(C)C(=O)NN(C)C. The van der Waals surface area contributed by atoms with E-state index in [9.17, 15) is 4.79 Å². The van der Waals surface area contributed by atoms with E-state index in [0.29, 0.717) is 6.54 Å². The molecule has 0 saturated carbocycles. The first-order valence-electron chi connectivity index (χ1n) is 3.80. The lowest BCUT2D eigenvalue weighted by molar-refractivity contribution is 0.133. The van der Waals surface area contributed by atoms with Crippen molar-refractivity contribution in [3.63, 3.8) is 0 Å². The average Bonchev–Trinajstić information content (AvgIpc) is 1.84. The van der Waals surface area contributed by atoms with Crippen LogP contribution in [0.15, 0.2) is 0 Å².